The van der Waals surface area contributed by atoms with Crippen molar-refractivity contribution in [2.45, 2.75) is 40.0 Å². The molecule has 0 aliphatic rings. The molecule has 0 amide bonds. The van der Waals surface area contributed by atoms with Crippen LogP contribution in [0, 0.1) is 10.7 Å². The average molecular weight is 389 g/mol. The van der Waals surface area contributed by atoms with Crippen LogP contribution >= 0.6 is 12.2 Å². The number of ether oxygens (including phenoxy) is 2. The molecule has 1 aromatic carbocycles. The summed E-state index contributed by atoms with van der Waals surface area (Å²) in [5.74, 6) is 2.48. The van der Waals surface area contributed by atoms with E-state index in [9.17, 15) is 0 Å². The summed E-state index contributed by atoms with van der Waals surface area (Å²) in [4.78, 5) is 0. The van der Waals surface area contributed by atoms with Gasteiger partial charge >= 0.3 is 0 Å². The lowest BCUT2D eigenvalue weighted by molar-refractivity contribution is 0.355. The van der Waals surface area contributed by atoms with Crippen LogP contribution in [0.5, 0.6) is 11.5 Å². The number of hydrogen-bond donors (Lipinski definition) is 1. The van der Waals surface area contributed by atoms with Crippen molar-refractivity contribution in [3.8, 4) is 22.9 Å². The zero-order valence-electron chi connectivity index (χ0n) is 16.7. The number of rotatable bonds is 9. The van der Waals surface area contributed by atoms with E-state index in [4.69, 9.17) is 21.7 Å². The van der Waals surface area contributed by atoms with Crippen LogP contribution < -0.4 is 9.47 Å². The number of nitrogens with one attached hydrogen (secondary N) is 1. The van der Waals surface area contributed by atoms with E-state index in [1.807, 2.05) is 24.4 Å². The molecule has 2 aromatic rings. The van der Waals surface area contributed by atoms with Crippen molar-refractivity contribution in [1.29, 1.82) is 0 Å². The summed E-state index contributed by atoms with van der Waals surface area (Å²) in [6.07, 6.45) is 7.29. The zero-order valence-corrected chi connectivity index (χ0v) is 17.5. The third kappa shape index (κ3) is 5.79. The Bertz CT molecular complexity index is 863. The molecule has 0 unspecified atom stereocenters. The maximum absolute atomic E-state index is 5.37. The Morgan fingerprint density at radius 2 is 2.04 bits per heavy atom. The third-order valence-corrected chi connectivity index (χ3v) is 4.47. The van der Waals surface area contributed by atoms with Crippen LogP contribution in [-0.4, -0.2) is 35.3 Å². The Labute approximate surface area is 165 Å². The molecular formula is C20H28N4O2S. The molecule has 1 N–H and O–H groups in total. The van der Waals surface area contributed by atoms with Crippen molar-refractivity contribution in [2.75, 3.05) is 14.2 Å². The number of nitrogens with zero attached hydrogens (tertiary/aromatic N) is 3. The third-order valence-electron chi connectivity index (χ3n) is 4.21. The average Bonchev–Trinajstić information content (AvgIpc) is 3.01. The summed E-state index contributed by atoms with van der Waals surface area (Å²) in [6, 6.07) is 5.60. The molecule has 0 aliphatic heterocycles. The van der Waals surface area contributed by atoms with Gasteiger partial charge in [-0.25, -0.2) is 5.10 Å². The first-order valence-corrected chi connectivity index (χ1v) is 9.43. The van der Waals surface area contributed by atoms with Crippen molar-refractivity contribution >= 4 is 18.4 Å². The quantitative estimate of drug-likeness (QED) is 0.363. The second-order valence-corrected chi connectivity index (χ2v) is 7.12. The molecule has 0 radical (unpaired) electrons. The topological polar surface area (TPSA) is 64.4 Å². The minimum atomic E-state index is 0.452. The van der Waals surface area contributed by atoms with Crippen LogP contribution in [0.4, 0.5) is 0 Å². The molecule has 0 aliphatic carbocycles. The van der Waals surface area contributed by atoms with Gasteiger partial charge in [0, 0.05) is 11.8 Å². The second-order valence-electron chi connectivity index (χ2n) is 6.73. The van der Waals surface area contributed by atoms with Gasteiger partial charge < -0.3 is 9.47 Å². The molecule has 1 heterocycles. The summed E-state index contributed by atoms with van der Waals surface area (Å²) >= 11 is 5.33. The van der Waals surface area contributed by atoms with E-state index in [0.717, 1.165) is 24.8 Å². The summed E-state index contributed by atoms with van der Waals surface area (Å²) in [6.45, 7) is 6.49. The maximum atomic E-state index is 5.37. The molecule has 0 saturated carbocycles. The predicted molar refractivity (Wildman–Crippen MR) is 112 cm³/mol. The molecule has 1 atom stereocenters. The number of benzene rings is 1. The Morgan fingerprint density at radius 1 is 1.30 bits per heavy atom. The van der Waals surface area contributed by atoms with Crippen molar-refractivity contribution < 1.29 is 9.47 Å². The van der Waals surface area contributed by atoms with E-state index in [2.05, 4.69) is 42.1 Å². The predicted octanol–water partition coefficient (Wildman–Crippen LogP) is 5.23. The van der Waals surface area contributed by atoms with Crippen LogP contribution in [0.1, 0.15) is 40.0 Å². The van der Waals surface area contributed by atoms with Crippen LogP contribution in [0.25, 0.3) is 11.4 Å². The van der Waals surface area contributed by atoms with Crippen LogP contribution in [0.15, 0.2) is 34.9 Å². The lowest BCUT2D eigenvalue weighted by Crippen LogP contribution is -1.99. The minimum absolute atomic E-state index is 0.452. The molecule has 27 heavy (non-hydrogen) atoms. The van der Waals surface area contributed by atoms with E-state index in [0.29, 0.717) is 28.0 Å². The van der Waals surface area contributed by atoms with Crippen LogP contribution in [0.2, 0.25) is 0 Å². The van der Waals surface area contributed by atoms with Gasteiger partial charge in [-0.1, -0.05) is 18.6 Å². The number of allylic oxidation sites excluding steroid dienone is 2. The smallest absolute Gasteiger partial charge is 0.216 e. The second kappa shape index (κ2) is 10.1. The van der Waals surface area contributed by atoms with Crippen molar-refractivity contribution in [1.82, 2.24) is 14.9 Å². The fraction of sp³-hybridized carbons (Fsp3) is 0.450. The van der Waals surface area contributed by atoms with Gasteiger partial charge in [0.2, 0.25) is 4.77 Å². The molecule has 0 bridgehead atoms. The Morgan fingerprint density at radius 3 is 2.70 bits per heavy atom. The SMILES string of the molecule is COc1ccc(-c2n[nH]c(=S)n2/N=C\C[C@@H](C)CCC=C(C)C)cc1OC. The highest BCUT2D eigenvalue weighted by molar-refractivity contribution is 7.71. The van der Waals surface area contributed by atoms with Gasteiger partial charge in [-0.3, -0.25) is 0 Å². The van der Waals surface area contributed by atoms with E-state index >= 15 is 0 Å². The first kappa shape index (κ1) is 20.9. The monoisotopic (exact) mass is 388 g/mol. The molecule has 0 saturated heterocycles. The summed E-state index contributed by atoms with van der Waals surface area (Å²) in [5.41, 5.74) is 2.20. The Balaban J connectivity index is 2.15. The van der Waals surface area contributed by atoms with Gasteiger partial charge in [-0.2, -0.15) is 14.9 Å². The molecule has 0 spiro atoms. The van der Waals surface area contributed by atoms with E-state index in [1.165, 1.54) is 5.57 Å². The summed E-state index contributed by atoms with van der Waals surface area (Å²) < 4.78 is 12.7. The summed E-state index contributed by atoms with van der Waals surface area (Å²) in [7, 11) is 3.21. The molecule has 2 rings (SSSR count). The first-order valence-electron chi connectivity index (χ1n) is 9.02. The lowest BCUT2D eigenvalue weighted by Gasteiger charge is -2.09. The molecule has 6 nitrogen and oxygen atoms in total. The maximum Gasteiger partial charge on any atom is 0.216 e. The number of H-pyrrole nitrogens is 1. The molecule has 7 heteroatoms. The largest absolute Gasteiger partial charge is 0.493 e. The Hall–Kier alpha value is -2.41. The number of methoxy groups -OCH3 is 2. The normalized spacial score (nSPS) is 12.2. The van der Waals surface area contributed by atoms with Gasteiger partial charge in [0.25, 0.3) is 0 Å². The lowest BCUT2D eigenvalue weighted by atomic mass is 10.0. The van der Waals surface area contributed by atoms with Crippen molar-refractivity contribution in [3.63, 3.8) is 0 Å². The number of hydrogen-bond acceptors (Lipinski definition) is 5. The van der Waals surface area contributed by atoms with E-state index < -0.39 is 0 Å². The summed E-state index contributed by atoms with van der Waals surface area (Å²) in [5, 5.41) is 11.7. The van der Waals surface area contributed by atoms with Gasteiger partial charge in [0.15, 0.2) is 17.3 Å². The van der Waals surface area contributed by atoms with Crippen molar-refractivity contribution in [2.24, 2.45) is 11.0 Å². The molecular weight excluding hydrogens is 360 g/mol. The van der Waals surface area contributed by atoms with E-state index in [-0.39, 0.29) is 0 Å². The van der Waals surface area contributed by atoms with Gasteiger partial charge in [0.05, 0.1) is 14.2 Å². The standard InChI is InChI=1S/C20H28N4O2S/c1-14(2)7-6-8-15(3)11-12-21-24-19(22-23-20(24)27)16-9-10-17(25-4)18(13-16)26-5/h7,9-10,12-13,15H,6,8,11H2,1-5H3,(H,23,27)/b21-12-/t15-/m0/s1. The Kier molecular flexibility index (Phi) is 7.79. The van der Waals surface area contributed by atoms with E-state index in [1.54, 1.807) is 18.9 Å². The molecule has 0 fully saturated rings. The minimum Gasteiger partial charge on any atom is -0.493 e. The number of aromatic amines is 1. The zero-order chi connectivity index (χ0) is 19.8. The highest BCUT2D eigenvalue weighted by Crippen LogP contribution is 2.31. The van der Waals surface area contributed by atoms with Crippen molar-refractivity contribution in [3.05, 3.63) is 34.6 Å². The van der Waals surface area contributed by atoms with Crippen LogP contribution in [0.3, 0.4) is 0 Å². The number of aromatic nitrogens is 3. The van der Waals surface area contributed by atoms with Gasteiger partial charge in [-0.05, 0) is 69.4 Å². The molecule has 146 valence electrons. The molecule has 1 aromatic heterocycles. The fourth-order valence-electron chi connectivity index (χ4n) is 2.64. The highest BCUT2D eigenvalue weighted by atomic mass is 32.1. The van der Waals surface area contributed by atoms with Crippen LogP contribution in [-0.2, 0) is 0 Å². The van der Waals surface area contributed by atoms with Gasteiger partial charge in [0.1, 0.15) is 0 Å². The highest BCUT2D eigenvalue weighted by Gasteiger charge is 2.12. The first-order chi connectivity index (χ1) is 13.0. The van der Waals surface area contributed by atoms with Gasteiger partial charge in [-0.15, -0.1) is 0 Å². The fourth-order valence-corrected chi connectivity index (χ4v) is 2.82.